The van der Waals surface area contributed by atoms with Gasteiger partial charge in [0.1, 0.15) is 11.6 Å². The number of ether oxygens (including phenoxy) is 1. The summed E-state index contributed by atoms with van der Waals surface area (Å²) in [6.07, 6.45) is -0.869. The van der Waals surface area contributed by atoms with Crippen molar-refractivity contribution in [3.63, 3.8) is 0 Å². The van der Waals surface area contributed by atoms with E-state index in [1.807, 2.05) is 6.07 Å². The number of hydrogen-bond donors (Lipinski definition) is 2. The van der Waals surface area contributed by atoms with E-state index in [9.17, 15) is 14.0 Å². The highest BCUT2D eigenvalue weighted by atomic mass is 19.1. The average Bonchev–Trinajstić information content (AvgIpc) is 2.60. The number of nitrogens with zero attached hydrogens (tertiary/aromatic N) is 1. The number of nitriles is 1. The molecule has 0 aliphatic carbocycles. The van der Waals surface area contributed by atoms with E-state index >= 15 is 0 Å². The molecule has 0 aliphatic heterocycles. The van der Waals surface area contributed by atoms with Crippen molar-refractivity contribution < 1.29 is 18.7 Å². The predicted octanol–water partition coefficient (Wildman–Crippen LogP) is 1.93. The highest BCUT2D eigenvalue weighted by Gasteiger charge is 2.16. The largest absolute Gasteiger partial charge is 0.481 e. The van der Waals surface area contributed by atoms with Gasteiger partial charge in [-0.25, -0.2) is 4.39 Å². The topological polar surface area (TPSA) is 91.2 Å². The van der Waals surface area contributed by atoms with Gasteiger partial charge in [-0.2, -0.15) is 5.26 Å². The molecule has 1 atom stereocenters. The number of rotatable bonds is 4. The fourth-order valence-electron chi connectivity index (χ4n) is 1.76. The first-order valence-corrected chi connectivity index (χ1v) is 7.02. The van der Waals surface area contributed by atoms with Crippen LogP contribution in [0.2, 0.25) is 0 Å². The normalized spacial score (nSPS) is 11.0. The van der Waals surface area contributed by atoms with Crippen LogP contribution in [0.3, 0.4) is 0 Å². The fraction of sp³-hybridized carbons (Fsp3) is 0.118. The smallest absolute Gasteiger partial charge is 0.279 e. The maximum Gasteiger partial charge on any atom is 0.279 e. The second-order valence-corrected chi connectivity index (χ2v) is 4.85. The van der Waals surface area contributed by atoms with E-state index < -0.39 is 23.7 Å². The van der Waals surface area contributed by atoms with Crippen LogP contribution in [0.15, 0.2) is 48.5 Å². The van der Waals surface area contributed by atoms with Crippen molar-refractivity contribution >= 4 is 11.8 Å². The molecule has 7 heteroatoms. The Hall–Kier alpha value is -3.40. The Morgan fingerprint density at radius 2 is 1.71 bits per heavy atom. The quantitative estimate of drug-likeness (QED) is 0.840. The van der Waals surface area contributed by atoms with Crippen LogP contribution in [0, 0.1) is 17.1 Å². The van der Waals surface area contributed by atoms with Crippen LogP contribution in [0.1, 0.15) is 22.8 Å². The first kappa shape index (κ1) is 17.0. The molecule has 6 nitrogen and oxygen atoms in total. The van der Waals surface area contributed by atoms with Gasteiger partial charge in [0.2, 0.25) is 0 Å². The molecule has 0 bridgehead atoms. The van der Waals surface area contributed by atoms with Crippen LogP contribution >= 0.6 is 0 Å². The van der Waals surface area contributed by atoms with Gasteiger partial charge in [0.05, 0.1) is 11.6 Å². The molecule has 2 aromatic carbocycles. The lowest BCUT2D eigenvalue weighted by molar-refractivity contribution is -0.128. The maximum atomic E-state index is 12.8. The van der Waals surface area contributed by atoms with Crippen molar-refractivity contribution in [2.45, 2.75) is 13.0 Å². The zero-order valence-electron chi connectivity index (χ0n) is 12.7. The Bertz CT molecular complexity index is 767. The van der Waals surface area contributed by atoms with E-state index in [0.717, 1.165) is 12.1 Å². The van der Waals surface area contributed by atoms with E-state index in [4.69, 9.17) is 10.00 Å². The van der Waals surface area contributed by atoms with E-state index in [0.29, 0.717) is 11.3 Å². The van der Waals surface area contributed by atoms with E-state index in [-0.39, 0.29) is 5.56 Å². The standard InChI is InChI=1S/C17H14FN3O3/c1-11(24-15-8-2-12(10-19)3-9-15)16(22)20-21-17(23)13-4-6-14(18)7-5-13/h2-9,11H,1H3,(H,20,22)(H,21,23). The van der Waals surface area contributed by atoms with E-state index in [1.54, 1.807) is 24.3 Å². The highest BCUT2D eigenvalue weighted by Crippen LogP contribution is 2.13. The van der Waals surface area contributed by atoms with Crippen LogP contribution in [-0.2, 0) is 4.79 Å². The van der Waals surface area contributed by atoms with Crippen molar-refractivity contribution in [3.8, 4) is 11.8 Å². The van der Waals surface area contributed by atoms with E-state index in [1.165, 1.54) is 19.1 Å². The summed E-state index contributed by atoms with van der Waals surface area (Å²) in [6.45, 7) is 1.51. The van der Waals surface area contributed by atoms with Crippen molar-refractivity contribution in [2.75, 3.05) is 0 Å². The predicted molar refractivity (Wildman–Crippen MR) is 83.3 cm³/mol. The molecule has 0 saturated heterocycles. The van der Waals surface area contributed by atoms with Crippen LogP contribution in [-0.4, -0.2) is 17.9 Å². The zero-order valence-corrected chi connectivity index (χ0v) is 12.7. The summed E-state index contributed by atoms with van der Waals surface area (Å²) in [5.41, 5.74) is 5.13. The first-order chi connectivity index (χ1) is 11.5. The lowest BCUT2D eigenvalue weighted by Gasteiger charge is -2.15. The number of benzene rings is 2. The number of nitrogens with one attached hydrogen (secondary N) is 2. The minimum absolute atomic E-state index is 0.206. The molecule has 0 heterocycles. The summed E-state index contributed by atoms with van der Waals surface area (Å²) in [5, 5.41) is 8.71. The number of halogens is 1. The molecule has 0 saturated carbocycles. The SMILES string of the molecule is CC(Oc1ccc(C#N)cc1)C(=O)NNC(=O)c1ccc(F)cc1. The number of carbonyl (C=O) groups excluding carboxylic acids is 2. The van der Waals surface area contributed by atoms with E-state index in [2.05, 4.69) is 10.9 Å². The molecule has 0 aromatic heterocycles. The summed E-state index contributed by atoms with van der Waals surface area (Å²) in [4.78, 5) is 23.7. The summed E-state index contributed by atoms with van der Waals surface area (Å²) < 4.78 is 18.2. The molecule has 0 aliphatic rings. The molecule has 2 aromatic rings. The summed E-state index contributed by atoms with van der Waals surface area (Å²) >= 11 is 0. The van der Waals surface area contributed by atoms with Gasteiger partial charge < -0.3 is 4.74 Å². The van der Waals surface area contributed by atoms with Crippen molar-refractivity contribution in [3.05, 3.63) is 65.5 Å². The third-order valence-electron chi connectivity index (χ3n) is 3.07. The number of amides is 2. The fourth-order valence-corrected chi connectivity index (χ4v) is 1.76. The van der Waals surface area contributed by atoms with Crippen molar-refractivity contribution in [1.82, 2.24) is 10.9 Å². The summed E-state index contributed by atoms with van der Waals surface area (Å²) in [5.74, 6) is -1.18. The third-order valence-corrected chi connectivity index (χ3v) is 3.07. The minimum atomic E-state index is -0.869. The second kappa shape index (κ2) is 7.74. The van der Waals surface area contributed by atoms with Gasteiger partial charge in [-0.1, -0.05) is 0 Å². The molecule has 0 spiro atoms. The Morgan fingerprint density at radius 1 is 1.08 bits per heavy atom. The molecule has 0 fully saturated rings. The highest BCUT2D eigenvalue weighted by molar-refractivity contribution is 5.95. The van der Waals surface area contributed by atoms with Gasteiger partial charge in [0, 0.05) is 5.56 Å². The summed E-state index contributed by atoms with van der Waals surface area (Å²) in [7, 11) is 0. The molecular weight excluding hydrogens is 313 g/mol. The molecule has 24 heavy (non-hydrogen) atoms. The molecule has 2 N–H and O–H groups in total. The molecule has 122 valence electrons. The Morgan fingerprint density at radius 3 is 2.29 bits per heavy atom. The monoisotopic (exact) mass is 327 g/mol. The Kier molecular flexibility index (Phi) is 5.47. The summed E-state index contributed by atoms with van der Waals surface area (Å²) in [6, 6.07) is 13.1. The minimum Gasteiger partial charge on any atom is -0.481 e. The number of hydrazine groups is 1. The van der Waals surface area contributed by atoms with Gasteiger partial charge in [-0.3, -0.25) is 20.4 Å². The van der Waals surface area contributed by atoms with Crippen LogP contribution in [0.5, 0.6) is 5.75 Å². The molecule has 0 radical (unpaired) electrons. The van der Waals surface area contributed by atoms with Crippen LogP contribution < -0.4 is 15.6 Å². The molecule has 2 rings (SSSR count). The van der Waals surface area contributed by atoms with Gasteiger partial charge in [0.25, 0.3) is 11.8 Å². The van der Waals surface area contributed by atoms with Crippen LogP contribution in [0.4, 0.5) is 4.39 Å². The van der Waals surface area contributed by atoms with Gasteiger partial charge in [-0.05, 0) is 55.5 Å². The van der Waals surface area contributed by atoms with Crippen LogP contribution in [0.25, 0.3) is 0 Å². The third kappa shape index (κ3) is 4.55. The lowest BCUT2D eigenvalue weighted by Crippen LogP contribution is -2.47. The van der Waals surface area contributed by atoms with Crippen molar-refractivity contribution in [1.29, 1.82) is 5.26 Å². The second-order valence-electron chi connectivity index (χ2n) is 4.85. The van der Waals surface area contributed by atoms with Gasteiger partial charge in [0.15, 0.2) is 6.10 Å². The number of carbonyl (C=O) groups is 2. The Labute approximate surface area is 137 Å². The molecular formula is C17H14FN3O3. The maximum absolute atomic E-state index is 12.8. The Balaban J connectivity index is 1.85. The zero-order chi connectivity index (χ0) is 17.5. The number of hydrogen-bond acceptors (Lipinski definition) is 4. The average molecular weight is 327 g/mol. The lowest BCUT2D eigenvalue weighted by atomic mass is 10.2. The van der Waals surface area contributed by atoms with Crippen molar-refractivity contribution in [2.24, 2.45) is 0 Å². The van der Waals surface area contributed by atoms with Gasteiger partial charge in [-0.15, -0.1) is 0 Å². The van der Waals surface area contributed by atoms with Gasteiger partial charge >= 0.3 is 0 Å². The molecule has 1 unspecified atom stereocenters. The molecule has 2 amide bonds. The first-order valence-electron chi connectivity index (χ1n) is 7.02.